The van der Waals surface area contributed by atoms with Gasteiger partial charge in [0.25, 0.3) is 0 Å². The van der Waals surface area contributed by atoms with E-state index in [4.69, 9.17) is 4.74 Å². The Labute approximate surface area is 90.7 Å². The molecule has 2 rings (SSSR count). The molecule has 84 valence electrons. The first-order valence-corrected chi connectivity index (χ1v) is 6.49. The molecule has 0 amide bonds. The van der Waals surface area contributed by atoms with E-state index in [1.54, 1.807) is 0 Å². The quantitative estimate of drug-likeness (QED) is 0.648. The predicted octanol–water partition coefficient (Wildman–Crippen LogP) is -0.0246. The van der Waals surface area contributed by atoms with Gasteiger partial charge in [0.05, 0.1) is 23.7 Å². The van der Waals surface area contributed by atoms with Crippen LogP contribution in [-0.2, 0) is 14.6 Å². The van der Waals surface area contributed by atoms with Gasteiger partial charge in [0.1, 0.15) is 0 Å². The van der Waals surface area contributed by atoms with Gasteiger partial charge >= 0.3 is 0 Å². The first-order chi connectivity index (χ1) is 6.12. The predicted molar refractivity (Wildman–Crippen MR) is 56.7 cm³/mol. The lowest BCUT2D eigenvalue weighted by Crippen LogP contribution is -2.55. The molecule has 4 nitrogen and oxygen atoms in total. The van der Waals surface area contributed by atoms with Crippen molar-refractivity contribution in [2.24, 2.45) is 0 Å². The van der Waals surface area contributed by atoms with Gasteiger partial charge in [0.15, 0.2) is 9.84 Å². The molecule has 2 fully saturated rings. The molecular formula is C8H16ClNO3S. The highest BCUT2D eigenvalue weighted by atomic mass is 35.5. The summed E-state index contributed by atoms with van der Waals surface area (Å²) in [4.78, 5) is 0. The van der Waals surface area contributed by atoms with Crippen LogP contribution in [0.2, 0.25) is 0 Å². The Balaban J connectivity index is 0.000000980. The van der Waals surface area contributed by atoms with Crippen LogP contribution in [0.3, 0.4) is 0 Å². The second-order valence-electron chi connectivity index (χ2n) is 3.90. The monoisotopic (exact) mass is 241 g/mol. The topological polar surface area (TPSA) is 55.4 Å². The minimum absolute atomic E-state index is 0. The van der Waals surface area contributed by atoms with Crippen LogP contribution in [0.25, 0.3) is 0 Å². The summed E-state index contributed by atoms with van der Waals surface area (Å²) in [5.41, 5.74) is -0.407. The lowest BCUT2D eigenvalue weighted by molar-refractivity contribution is -0.0574. The average Bonchev–Trinajstić information content (AvgIpc) is 2.03. The zero-order valence-electron chi connectivity index (χ0n) is 7.99. The molecule has 1 unspecified atom stereocenters. The third-order valence-electron chi connectivity index (χ3n) is 2.70. The molecule has 0 aromatic carbocycles. The van der Waals surface area contributed by atoms with Gasteiger partial charge in [-0.3, -0.25) is 0 Å². The Morgan fingerprint density at radius 3 is 2.71 bits per heavy atom. The Kier molecular flexibility index (Phi) is 3.80. The van der Waals surface area contributed by atoms with Crippen LogP contribution < -0.4 is 5.32 Å². The first-order valence-electron chi connectivity index (χ1n) is 4.67. The van der Waals surface area contributed by atoms with E-state index in [-0.39, 0.29) is 18.2 Å². The lowest BCUT2D eigenvalue weighted by atomic mass is 9.98. The Morgan fingerprint density at radius 1 is 1.36 bits per heavy atom. The van der Waals surface area contributed by atoms with Crippen LogP contribution in [0.4, 0.5) is 0 Å². The van der Waals surface area contributed by atoms with Crippen LogP contribution >= 0.6 is 12.4 Å². The normalized spacial score (nSPS) is 36.3. The van der Waals surface area contributed by atoms with Crippen molar-refractivity contribution in [3.05, 3.63) is 0 Å². The van der Waals surface area contributed by atoms with Gasteiger partial charge in [-0.25, -0.2) is 8.42 Å². The van der Waals surface area contributed by atoms with Gasteiger partial charge in [-0.1, -0.05) is 0 Å². The van der Waals surface area contributed by atoms with Crippen LogP contribution in [0.15, 0.2) is 0 Å². The standard InChI is InChI=1S/C8H15NO3S.ClH/c10-13(11)5-1-2-8(7-13)6-9-3-4-12-8;/h9H,1-7H2;1H. The van der Waals surface area contributed by atoms with Crippen molar-refractivity contribution < 1.29 is 13.2 Å². The van der Waals surface area contributed by atoms with Gasteiger partial charge in [-0.2, -0.15) is 0 Å². The minimum Gasteiger partial charge on any atom is -0.371 e. The maximum atomic E-state index is 11.4. The molecule has 14 heavy (non-hydrogen) atoms. The highest BCUT2D eigenvalue weighted by molar-refractivity contribution is 7.91. The van der Waals surface area contributed by atoms with Crippen molar-refractivity contribution in [1.82, 2.24) is 5.32 Å². The Hall–Kier alpha value is 0.160. The number of sulfone groups is 1. The van der Waals surface area contributed by atoms with Crippen molar-refractivity contribution in [1.29, 1.82) is 0 Å². The van der Waals surface area contributed by atoms with E-state index in [9.17, 15) is 8.42 Å². The molecule has 1 N–H and O–H groups in total. The highest BCUT2D eigenvalue weighted by Gasteiger charge is 2.40. The summed E-state index contributed by atoms with van der Waals surface area (Å²) in [6.07, 6.45) is 1.61. The highest BCUT2D eigenvalue weighted by Crippen LogP contribution is 2.27. The maximum Gasteiger partial charge on any atom is 0.153 e. The van der Waals surface area contributed by atoms with E-state index in [2.05, 4.69) is 5.32 Å². The summed E-state index contributed by atoms with van der Waals surface area (Å²) in [6, 6.07) is 0. The molecule has 2 aliphatic heterocycles. The van der Waals surface area contributed by atoms with Gasteiger partial charge in [0.2, 0.25) is 0 Å². The fourth-order valence-corrected chi connectivity index (χ4v) is 3.98. The number of hydrogen-bond acceptors (Lipinski definition) is 4. The molecule has 1 atom stereocenters. The zero-order valence-corrected chi connectivity index (χ0v) is 9.62. The van der Waals surface area contributed by atoms with E-state index in [0.29, 0.717) is 18.9 Å². The minimum atomic E-state index is -2.86. The summed E-state index contributed by atoms with van der Waals surface area (Å²) >= 11 is 0. The molecule has 0 aliphatic carbocycles. The molecule has 1 spiro atoms. The molecule has 0 aromatic rings. The summed E-state index contributed by atoms with van der Waals surface area (Å²) in [7, 11) is -2.86. The second-order valence-corrected chi connectivity index (χ2v) is 6.09. The number of ether oxygens (including phenoxy) is 1. The van der Waals surface area contributed by atoms with Crippen LogP contribution in [0.1, 0.15) is 12.8 Å². The largest absolute Gasteiger partial charge is 0.371 e. The van der Waals surface area contributed by atoms with Crippen molar-refractivity contribution in [2.75, 3.05) is 31.2 Å². The van der Waals surface area contributed by atoms with E-state index >= 15 is 0 Å². The van der Waals surface area contributed by atoms with Crippen molar-refractivity contribution >= 4 is 22.2 Å². The molecule has 2 saturated heterocycles. The van der Waals surface area contributed by atoms with E-state index in [0.717, 1.165) is 19.4 Å². The fourth-order valence-electron chi connectivity index (χ4n) is 2.12. The molecule has 0 bridgehead atoms. The molecule has 0 radical (unpaired) electrons. The molecular weight excluding hydrogens is 226 g/mol. The number of hydrogen-bond donors (Lipinski definition) is 1. The SMILES string of the molecule is Cl.O=S1(=O)CCCC2(CNCCO2)C1. The molecule has 0 aromatic heterocycles. The fraction of sp³-hybridized carbons (Fsp3) is 1.00. The van der Waals surface area contributed by atoms with Crippen LogP contribution in [0, 0.1) is 0 Å². The molecule has 0 saturated carbocycles. The Morgan fingerprint density at radius 2 is 2.14 bits per heavy atom. The van der Waals surface area contributed by atoms with E-state index in [1.807, 2.05) is 0 Å². The summed E-state index contributed by atoms with van der Waals surface area (Å²) in [6.45, 7) is 2.16. The van der Waals surface area contributed by atoms with Crippen LogP contribution in [0.5, 0.6) is 0 Å². The lowest BCUT2D eigenvalue weighted by Gasteiger charge is -2.40. The Bertz CT molecular complexity index is 279. The second kappa shape index (κ2) is 4.35. The third kappa shape index (κ3) is 2.59. The maximum absolute atomic E-state index is 11.4. The van der Waals surface area contributed by atoms with E-state index < -0.39 is 15.4 Å². The van der Waals surface area contributed by atoms with Crippen molar-refractivity contribution in [3.8, 4) is 0 Å². The zero-order chi connectivity index (χ0) is 9.36. The van der Waals surface area contributed by atoms with Crippen molar-refractivity contribution in [3.63, 3.8) is 0 Å². The number of halogens is 1. The van der Waals surface area contributed by atoms with E-state index in [1.165, 1.54) is 0 Å². The molecule has 2 aliphatic rings. The van der Waals surface area contributed by atoms with Gasteiger partial charge < -0.3 is 10.1 Å². The summed E-state index contributed by atoms with van der Waals surface area (Å²) < 4.78 is 28.4. The summed E-state index contributed by atoms with van der Waals surface area (Å²) in [5.74, 6) is 0.533. The van der Waals surface area contributed by atoms with Gasteiger partial charge in [-0.15, -0.1) is 12.4 Å². The first kappa shape index (κ1) is 12.2. The van der Waals surface area contributed by atoms with Gasteiger partial charge in [-0.05, 0) is 12.8 Å². The van der Waals surface area contributed by atoms with Gasteiger partial charge in [0, 0.05) is 13.1 Å². The summed E-state index contributed by atoms with van der Waals surface area (Å²) in [5, 5.41) is 3.19. The average molecular weight is 242 g/mol. The number of nitrogens with one attached hydrogen (secondary N) is 1. The number of rotatable bonds is 0. The molecule has 6 heteroatoms. The molecule has 2 heterocycles. The smallest absolute Gasteiger partial charge is 0.153 e. The number of morpholine rings is 1. The third-order valence-corrected chi connectivity index (χ3v) is 4.58. The van der Waals surface area contributed by atoms with Crippen LogP contribution in [-0.4, -0.2) is 45.2 Å². The van der Waals surface area contributed by atoms with Crippen molar-refractivity contribution in [2.45, 2.75) is 18.4 Å².